The number of benzene rings is 1. The summed E-state index contributed by atoms with van der Waals surface area (Å²) in [6, 6.07) is 9.56. The maximum atomic E-state index is 12.1. The molecule has 0 spiro atoms. The number of hydrogen-bond donors (Lipinski definition) is 2. The number of carbonyl (C=O) groups is 1. The van der Waals surface area contributed by atoms with E-state index in [0.717, 1.165) is 31.6 Å². The first-order chi connectivity index (χ1) is 11.1. The minimum Gasteiger partial charge on any atom is -0.349 e. The molecule has 1 aliphatic rings. The quantitative estimate of drug-likeness (QED) is 0.645. The average Bonchev–Trinajstić information content (AvgIpc) is 2.58. The molecule has 1 aromatic rings. The Hall–Kier alpha value is -2.18. The zero-order valence-electron chi connectivity index (χ0n) is 13.0. The molecule has 1 aliphatic heterocycles. The molecule has 7 heteroatoms. The van der Waals surface area contributed by atoms with Crippen molar-refractivity contribution in [3.05, 3.63) is 30.3 Å². The van der Waals surface area contributed by atoms with E-state index in [4.69, 9.17) is 0 Å². The van der Waals surface area contributed by atoms with Crippen molar-refractivity contribution in [3.8, 4) is 0 Å². The summed E-state index contributed by atoms with van der Waals surface area (Å²) in [5.74, 6) is 0.109. The number of aliphatic imine (C=N–C) groups is 1. The van der Waals surface area contributed by atoms with Crippen LogP contribution in [0.25, 0.3) is 0 Å². The molecule has 1 aromatic carbocycles. The molecule has 1 heterocycles. The first-order valence-corrected chi connectivity index (χ1v) is 7.81. The Bertz CT molecular complexity index is 516. The molecule has 0 aromatic heterocycles. The van der Waals surface area contributed by atoms with Gasteiger partial charge in [-0.25, -0.2) is 13.8 Å². The van der Waals surface area contributed by atoms with Gasteiger partial charge in [-0.15, -0.1) is 0 Å². The zero-order chi connectivity index (χ0) is 16.5. The number of amides is 1. The summed E-state index contributed by atoms with van der Waals surface area (Å²) in [6.45, 7) is 0.937. The van der Waals surface area contributed by atoms with E-state index in [-0.39, 0.29) is 6.54 Å². The van der Waals surface area contributed by atoms with Crippen LogP contribution in [0.5, 0.6) is 0 Å². The van der Waals surface area contributed by atoms with Crippen molar-refractivity contribution in [2.75, 3.05) is 31.5 Å². The monoisotopic (exact) mass is 324 g/mol. The smallest absolute Gasteiger partial charge is 0.255 e. The molecule has 0 saturated carbocycles. The molecule has 23 heavy (non-hydrogen) atoms. The van der Waals surface area contributed by atoms with Crippen molar-refractivity contribution < 1.29 is 13.6 Å². The predicted octanol–water partition coefficient (Wildman–Crippen LogP) is 2.32. The molecule has 0 unspecified atom stereocenters. The largest absolute Gasteiger partial charge is 0.349 e. The minimum atomic E-state index is -2.55. The Morgan fingerprint density at radius 3 is 2.52 bits per heavy atom. The van der Waals surface area contributed by atoms with Gasteiger partial charge in [0, 0.05) is 18.8 Å². The third kappa shape index (κ3) is 6.22. The molecule has 126 valence electrons. The lowest BCUT2D eigenvalue weighted by Gasteiger charge is -2.30. The van der Waals surface area contributed by atoms with Crippen molar-refractivity contribution in [2.45, 2.75) is 25.7 Å². The summed E-state index contributed by atoms with van der Waals surface area (Å²) in [4.78, 5) is 18.0. The van der Waals surface area contributed by atoms with Gasteiger partial charge in [-0.05, 0) is 31.4 Å². The van der Waals surface area contributed by atoms with Crippen molar-refractivity contribution in [2.24, 2.45) is 4.99 Å². The van der Waals surface area contributed by atoms with Gasteiger partial charge < -0.3 is 15.5 Å². The number of alkyl halides is 2. The van der Waals surface area contributed by atoms with Gasteiger partial charge in [0.05, 0.1) is 6.54 Å². The molecule has 2 rings (SSSR count). The maximum Gasteiger partial charge on any atom is 0.255 e. The van der Waals surface area contributed by atoms with Crippen LogP contribution in [0.2, 0.25) is 0 Å². The minimum absolute atomic E-state index is 0.168. The molecule has 0 radical (unpaired) electrons. The van der Waals surface area contributed by atoms with Crippen LogP contribution < -0.4 is 10.6 Å². The fraction of sp³-hybridized carbons (Fsp3) is 0.500. The van der Waals surface area contributed by atoms with E-state index in [0.29, 0.717) is 5.96 Å². The zero-order valence-corrected chi connectivity index (χ0v) is 13.0. The van der Waals surface area contributed by atoms with Crippen molar-refractivity contribution in [3.63, 3.8) is 0 Å². The molecular weight excluding hydrogens is 302 g/mol. The van der Waals surface area contributed by atoms with Gasteiger partial charge in [0.2, 0.25) is 5.91 Å². The number of anilines is 1. The Balaban J connectivity index is 2.00. The first kappa shape index (κ1) is 17.2. The van der Waals surface area contributed by atoms with Crippen molar-refractivity contribution >= 4 is 17.6 Å². The SMILES string of the molecule is O=C(CN=C(Nc1ccccc1)N1CCCCC1)NCC(F)F. The maximum absolute atomic E-state index is 12.1. The molecule has 1 amide bonds. The number of piperidine rings is 1. The lowest BCUT2D eigenvalue weighted by Crippen LogP contribution is -2.41. The Morgan fingerprint density at radius 2 is 1.87 bits per heavy atom. The highest BCUT2D eigenvalue weighted by Gasteiger charge is 2.15. The molecule has 0 bridgehead atoms. The van der Waals surface area contributed by atoms with E-state index in [1.165, 1.54) is 6.42 Å². The molecular formula is C16H22F2N4O. The summed E-state index contributed by atoms with van der Waals surface area (Å²) < 4.78 is 24.2. The summed E-state index contributed by atoms with van der Waals surface area (Å²) in [5, 5.41) is 5.38. The van der Waals surface area contributed by atoms with E-state index in [2.05, 4.69) is 20.5 Å². The number of para-hydroxylation sites is 1. The van der Waals surface area contributed by atoms with E-state index in [1.54, 1.807) is 0 Å². The second-order valence-corrected chi connectivity index (χ2v) is 5.37. The van der Waals surface area contributed by atoms with Crippen LogP contribution in [0.4, 0.5) is 14.5 Å². The van der Waals surface area contributed by atoms with E-state index >= 15 is 0 Å². The highest BCUT2D eigenvalue weighted by molar-refractivity contribution is 5.95. The van der Waals surface area contributed by atoms with Gasteiger partial charge in [0.15, 0.2) is 5.96 Å². The van der Waals surface area contributed by atoms with Gasteiger partial charge in [0.1, 0.15) is 6.54 Å². The number of halogens is 2. The van der Waals surface area contributed by atoms with Crippen LogP contribution in [0, 0.1) is 0 Å². The highest BCUT2D eigenvalue weighted by atomic mass is 19.3. The van der Waals surface area contributed by atoms with Crippen molar-refractivity contribution in [1.82, 2.24) is 10.2 Å². The summed E-state index contributed by atoms with van der Waals surface area (Å²) in [6.07, 6.45) is 0.788. The lowest BCUT2D eigenvalue weighted by atomic mass is 10.1. The summed E-state index contributed by atoms with van der Waals surface area (Å²) in [5.41, 5.74) is 0.879. The van der Waals surface area contributed by atoms with Crippen LogP contribution >= 0.6 is 0 Å². The second-order valence-electron chi connectivity index (χ2n) is 5.37. The molecule has 1 saturated heterocycles. The van der Waals surface area contributed by atoms with Crippen LogP contribution in [0.1, 0.15) is 19.3 Å². The summed E-state index contributed by atoms with van der Waals surface area (Å²) in [7, 11) is 0. The molecule has 1 fully saturated rings. The first-order valence-electron chi connectivity index (χ1n) is 7.81. The van der Waals surface area contributed by atoms with Gasteiger partial charge in [0.25, 0.3) is 6.43 Å². The fourth-order valence-corrected chi connectivity index (χ4v) is 2.37. The van der Waals surface area contributed by atoms with Gasteiger partial charge >= 0.3 is 0 Å². The van der Waals surface area contributed by atoms with E-state index in [9.17, 15) is 13.6 Å². The van der Waals surface area contributed by atoms with Gasteiger partial charge in [-0.2, -0.15) is 0 Å². The second kappa shape index (κ2) is 9.07. The van der Waals surface area contributed by atoms with Gasteiger partial charge in [-0.1, -0.05) is 18.2 Å². The number of nitrogens with zero attached hydrogens (tertiary/aromatic N) is 2. The third-order valence-electron chi connectivity index (χ3n) is 3.51. The normalized spacial score (nSPS) is 15.6. The topological polar surface area (TPSA) is 56.7 Å². The standard InChI is InChI=1S/C16H22F2N4O/c17-14(18)11-19-15(23)12-20-16(22-9-5-2-6-10-22)21-13-7-3-1-4-8-13/h1,3-4,7-8,14H,2,5-6,9-12H2,(H,19,23)(H,20,21). The highest BCUT2D eigenvalue weighted by Crippen LogP contribution is 2.12. The Labute approximate surface area is 134 Å². The predicted molar refractivity (Wildman–Crippen MR) is 86.8 cm³/mol. The molecule has 2 N–H and O–H groups in total. The number of likely N-dealkylation sites (tertiary alicyclic amines) is 1. The van der Waals surface area contributed by atoms with Crippen LogP contribution in [0.15, 0.2) is 35.3 Å². The number of rotatable bonds is 5. The lowest BCUT2D eigenvalue weighted by molar-refractivity contribution is -0.120. The molecule has 0 atom stereocenters. The number of nitrogens with one attached hydrogen (secondary N) is 2. The Kier molecular flexibility index (Phi) is 6.77. The Morgan fingerprint density at radius 1 is 1.17 bits per heavy atom. The van der Waals surface area contributed by atoms with Crippen LogP contribution in [-0.4, -0.2) is 49.4 Å². The fourth-order valence-electron chi connectivity index (χ4n) is 2.37. The van der Waals surface area contributed by atoms with Gasteiger partial charge in [-0.3, -0.25) is 4.79 Å². The number of hydrogen-bond acceptors (Lipinski definition) is 2. The third-order valence-corrected chi connectivity index (χ3v) is 3.51. The van der Waals surface area contributed by atoms with Crippen molar-refractivity contribution in [1.29, 1.82) is 0 Å². The van der Waals surface area contributed by atoms with E-state index in [1.807, 2.05) is 30.3 Å². The summed E-state index contributed by atoms with van der Waals surface area (Å²) >= 11 is 0. The van der Waals surface area contributed by atoms with E-state index < -0.39 is 18.9 Å². The average molecular weight is 324 g/mol. The van der Waals surface area contributed by atoms with Crippen LogP contribution in [-0.2, 0) is 4.79 Å². The number of carbonyl (C=O) groups excluding carboxylic acids is 1. The molecule has 0 aliphatic carbocycles. The van der Waals surface area contributed by atoms with Crippen LogP contribution in [0.3, 0.4) is 0 Å². The number of guanidine groups is 1. The molecule has 5 nitrogen and oxygen atoms in total.